The predicted molar refractivity (Wildman–Crippen MR) is 112 cm³/mol. The molecule has 5 nitrogen and oxygen atoms in total. The zero-order valence-electron chi connectivity index (χ0n) is 15.6. The third-order valence-electron chi connectivity index (χ3n) is 4.48. The summed E-state index contributed by atoms with van der Waals surface area (Å²) in [5.41, 5.74) is 0.611. The van der Waals surface area contributed by atoms with E-state index in [0.29, 0.717) is 22.6 Å². The minimum atomic E-state index is -0.353. The lowest BCUT2D eigenvalue weighted by atomic mass is 10.2. The van der Waals surface area contributed by atoms with Crippen molar-refractivity contribution >= 4 is 39.9 Å². The maximum atomic E-state index is 13.0. The Labute approximate surface area is 166 Å². The number of aromatic nitrogens is 2. The van der Waals surface area contributed by atoms with Crippen LogP contribution in [0.1, 0.15) is 38.1 Å². The number of carbonyl (C=O) groups is 1. The van der Waals surface area contributed by atoms with Crippen molar-refractivity contribution in [1.29, 1.82) is 0 Å². The molecule has 0 unspecified atom stereocenters. The molecule has 0 radical (unpaired) electrons. The van der Waals surface area contributed by atoms with Crippen molar-refractivity contribution in [2.45, 2.75) is 50.2 Å². The summed E-state index contributed by atoms with van der Waals surface area (Å²) >= 11 is 2.95. The highest BCUT2D eigenvalue weighted by atomic mass is 32.2. The largest absolute Gasteiger partial charge is 0.350 e. The van der Waals surface area contributed by atoms with Crippen LogP contribution in [-0.4, -0.2) is 20.7 Å². The Bertz CT molecular complexity index is 983. The summed E-state index contributed by atoms with van der Waals surface area (Å²) in [6, 6.07) is 11.3. The fourth-order valence-electron chi connectivity index (χ4n) is 2.72. The van der Waals surface area contributed by atoms with Crippen LogP contribution in [0.5, 0.6) is 0 Å². The van der Waals surface area contributed by atoms with E-state index in [9.17, 15) is 9.59 Å². The number of nitrogens with one attached hydrogen (secondary N) is 1. The number of hydrogen-bond donors (Lipinski definition) is 1. The monoisotopic (exact) mass is 401 g/mol. The molecule has 0 fully saturated rings. The maximum absolute atomic E-state index is 13.0. The van der Waals surface area contributed by atoms with Gasteiger partial charge < -0.3 is 5.32 Å². The molecule has 1 aromatic carbocycles. The van der Waals surface area contributed by atoms with Gasteiger partial charge in [0.15, 0.2) is 5.16 Å². The van der Waals surface area contributed by atoms with Crippen molar-refractivity contribution in [3.05, 3.63) is 57.0 Å². The summed E-state index contributed by atoms with van der Waals surface area (Å²) in [5, 5.41) is 5.79. The molecule has 0 bridgehead atoms. The number of rotatable bonds is 7. The van der Waals surface area contributed by atoms with Crippen LogP contribution in [0.2, 0.25) is 0 Å². The number of carbonyl (C=O) groups excluding carboxylic acids is 1. The summed E-state index contributed by atoms with van der Waals surface area (Å²) in [4.78, 5) is 31.3. The number of thioether (sulfide) groups is 1. The quantitative estimate of drug-likeness (QED) is 0.475. The first-order chi connectivity index (χ1) is 13.0. The Morgan fingerprint density at radius 1 is 1.26 bits per heavy atom. The van der Waals surface area contributed by atoms with E-state index in [1.165, 1.54) is 11.8 Å². The second-order valence-electron chi connectivity index (χ2n) is 6.40. The fourth-order valence-corrected chi connectivity index (χ4v) is 4.40. The standard InChI is InChI=1S/C20H23N3O2S2/c1-4-13(2)23-19(25)16-9-5-6-10-17(16)22-20(23)27-14(3)18(24)21-12-15-8-7-11-26-15/h5-11,13-14H,4,12H2,1-3H3,(H,21,24)/t13-,14+/m1/s1. The van der Waals surface area contributed by atoms with Gasteiger partial charge in [-0.25, -0.2) is 4.98 Å². The molecule has 27 heavy (non-hydrogen) atoms. The minimum absolute atomic E-state index is 0.0125. The van der Waals surface area contributed by atoms with Gasteiger partial charge in [0.1, 0.15) is 0 Å². The number of thiophene rings is 1. The SMILES string of the molecule is CC[C@@H](C)n1c(S[C@@H](C)C(=O)NCc2cccs2)nc2ccccc2c1=O. The summed E-state index contributed by atoms with van der Waals surface area (Å²) in [7, 11) is 0. The normalized spacial score (nSPS) is 13.4. The number of nitrogens with zero attached hydrogens (tertiary/aromatic N) is 2. The van der Waals surface area contributed by atoms with Crippen LogP contribution >= 0.6 is 23.1 Å². The molecule has 0 saturated heterocycles. The van der Waals surface area contributed by atoms with Crippen LogP contribution in [0, 0.1) is 0 Å². The van der Waals surface area contributed by atoms with Crippen molar-refractivity contribution in [2.75, 3.05) is 0 Å². The third kappa shape index (κ3) is 4.42. The molecular weight excluding hydrogens is 378 g/mol. The summed E-state index contributed by atoms with van der Waals surface area (Å²) < 4.78 is 1.72. The third-order valence-corrected chi connectivity index (χ3v) is 6.42. The van der Waals surface area contributed by atoms with Gasteiger partial charge in [-0.2, -0.15) is 0 Å². The fraction of sp³-hybridized carbons (Fsp3) is 0.350. The average Bonchev–Trinajstić information content (AvgIpc) is 3.19. The van der Waals surface area contributed by atoms with Crippen LogP contribution < -0.4 is 10.9 Å². The van der Waals surface area contributed by atoms with E-state index in [1.807, 2.05) is 56.5 Å². The molecule has 0 saturated carbocycles. The van der Waals surface area contributed by atoms with E-state index in [2.05, 4.69) is 10.3 Å². The van der Waals surface area contributed by atoms with E-state index in [0.717, 1.165) is 11.3 Å². The first-order valence-corrected chi connectivity index (χ1v) is 10.7. The van der Waals surface area contributed by atoms with Crippen LogP contribution in [0.25, 0.3) is 10.9 Å². The Balaban J connectivity index is 1.86. The highest BCUT2D eigenvalue weighted by Crippen LogP contribution is 2.26. The second-order valence-corrected chi connectivity index (χ2v) is 8.74. The van der Waals surface area contributed by atoms with Gasteiger partial charge in [0.25, 0.3) is 5.56 Å². The molecule has 0 aliphatic heterocycles. The lowest BCUT2D eigenvalue weighted by Gasteiger charge is -2.20. The van der Waals surface area contributed by atoms with Crippen molar-refractivity contribution in [1.82, 2.24) is 14.9 Å². The number of amides is 1. The minimum Gasteiger partial charge on any atom is -0.350 e. The molecule has 3 aromatic rings. The number of para-hydroxylation sites is 1. The van der Waals surface area contributed by atoms with E-state index in [-0.39, 0.29) is 22.8 Å². The van der Waals surface area contributed by atoms with Gasteiger partial charge in [-0.3, -0.25) is 14.2 Å². The Morgan fingerprint density at radius 2 is 2.04 bits per heavy atom. The van der Waals surface area contributed by atoms with E-state index >= 15 is 0 Å². The van der Waals surface area contributed by atoms with E-state index in [4.69, 9.17) is 0 Å². The van der Waals surface area contributed by atoms with Crippen LogP contribution in [0.3, 0.4) is 0 Å². The van der Waals surface area contributed by atoms with E-state index in [1.54, 1.807) is 22.0 Å². The molecule has 0 aliphatic rings. The Hall–Kier alpha value is -2.12. The van der Waals surface area contributed by atoms with Crippen LogP contribution in [0.15, 0.2) is 51.7 Å². The van der Waals surface area contributed by atoms with Crippen LogP contribution in [0.4, 0.5) is 0 Å². The van der Waals surface area contributed by atoms with E-state index < -0.39 is 0 Å². The second kappa shape index (κ2) is 8.71. The van der Waals surface area contributed by atoms with Gasteiger partial charge in [-0.05, 0) is 43.8 Å². The Kier molecular flexibility index (Phi) is 6.34. The van der Waals surface area contributed by atoms with Gasteiger partial charge in [-0.15, -0.1) is 11.3 Å². The lowest BCUT2D eigenvalue weighted by Crippen LogP contribution is -2.32. The van der Waals surface area contributed by atoms with Gasteiger partial charge in [0.05, 0.1) is 22.7 Å². The number of hydrogen-bond acceptors (Lipinski definition) is 5. The molecule has 2 atom stereocenters. The first-order valence-electron chi connectivity index (χ1n) is 8.99. The highest BCUT2D eigenvalue weighted by molar-refractivity contribution is 8.00. The van der Waals surface area contributed by atoms with Gasteiger partial charge in [0.2, 0.25) is 5.91 Å². The molecule has 7 heteroatoms. The predicted octanol–water partition coefficient (Wildman–Crippen LogP) is 4.23. The van der Waals surface area contributed by atoms with Crippen molar-refractivity contribution < 1.29 is 4.79 Å². The Morgan fingerprint density at radius 3 is 2.74 bits per heavy atom. The molecule has 0 spiro atoms. The van der Waals surface area contributed by atoms with Crippen molar-refractivity contribution in [2.24, 2.45) is 0 Å². The first kappa shape index (κ1) is 19.6. The van der Waals surface area contributed by atoms with Crippen molar-refractivity contribution in [3.63, 3.8) is 0 Å². The van der Waals surface area contributed by atoms with Gasteiger partial charge in [0, 0.05) is 10.9 Å². The molecule has 0 aliphatic carbocycles. The molecule has 3 rings (SSSR count). The molecule has 1 amide bonds. The maximum Gasteiger partial charge on any atom is 0.262 e. The van der Waals surface area contributed by atoms with Crippen LogP contribution in [-0.2, 0) is 11.3 Å². The molecule has 2 aromatic heterocycles. The summed E-state index contributed by atoms with van der Waals surface area (Å²) in [6.07, 6.45) is 0.812. The van der Waals surface area contributed by atoms with Gasteiger partial charge in [-0.1, -0.05) is 36.9 Å². The van der Waals surface area contributed by atoms with Gasteiger partial charge >= 0.3 is 0 Å². The highest BCUT2D eigenvalue weighted by Gasteiger charge is 2.21. The van der Waals surface area contributed by atoms with Crippen molar-refractivity contribution in [3.8, 4) is 0 Å². The topological polar surface area (TPSA) is 64.0 Å². The number of fused-ring (bicyclic) bond motifs is 1. The smallest absolute Gasteiger partial charge is 0.262 e. The average molecular weight is 402 g/mol. The molecular formula is C20H23N3O2S2. The number of benzene rings is 1. The molecule has 2 heterocycles. The summed E-state index contributed by atoms with van der Waals surface area (Å²) in [6.45, 7) is 6.41. The summed E-state index contributed by atoms with van der Waals surface area (Å²) in [5.74, 6) is -0.0634. The molecule has 142 valence electrons. The molecule has 1 N–H and O–H groups in total. The zero-order valence-corrected chi connectivity index (χ0v) is 17.3. The zero-order chi connectivity index (χ0) is 19.4. The lowest BCUT2D eigenvalue weighted by molar-refractivity contribution is -0.120.